The van der Waals surface area contributed by atoms with Crippen LogP contribution in [0.5, 0.6) is 0 Å². The summed E-state index contributed by atoms with van der Waals surface area (Å²) in [7, 11) is 0. The summed E-state index contributed by atoms with van der Waals surface area (Å²) in [5, 5.41) is 28.7. The van der Waals surface area contributed by atoms with Gasteiger partial charge in [0.25, 0.3) is 0 Å². The molecule has 3 atom stereocenters. The van der Waals surface area contributed by atoms with Crippen molar-refractivity contribution in [2.24, 2.45) is 11.3 Å². The first kappa shape index (κ1) is 14.4. The molecule has 0 radical (unpaired) electrons. The van der Waals surface area contributed by atoms with Crippen LogP contribution in [0.15, 0.2) is 12.2 Å². The summed E-state index contributed by atoms with van der Waals surface area (Å²) in [6.07, 6.45) is 2.63. The van der Waals surface area contributed by atoms with Gasteiger partial charge in [-0.2, -0.15) is 0 Å². The van der Waals surface area contributed by atoms with Gasteiger partial charge in [0.1, 0.15) is 5.78 Å². The highest BCUT2D eigenvalue weighted by Crippen LogP contribution is 2.46. The Morgan fingerprint density at radius 3 is 2.59 bits per heavy atom. The zero-order chi connectivity index (χ0) is 13.3. The number of aliphatic hydroxyl groups is 3. The van der Waals surface area contributed by atoms with Gasteiger partial charge in [0.15, 0.2) is 0 Å². The largest absolute Gasteiger partial charge is 0.393 e. The predicted molar refractivity (Wildman–Crippen MR) is 64.4 cm³/mol. The molecule has 1 rings (SSSR count). The Morgan fingerprint density at radius 2 is 2.12 bits per heavy atom. The zero-order valence-electron chi connectivity index (χ0n) is 10.7. The van der Waals surface area contributed by atoms with Gasteiger partial charge in [0.2, 0.25) is 0 Å². The molecule has 2 unspecified atom stereocenters. The van der Waals surface area contributed by atoms with Crippen molar-refractivity contribution in [1.29, 1.82) is 0 Å². The second kappa shape index (κ2) is 4.88. The standard InChI is InChI=1S/C13H22O4/c1-9-6-11(16)7-12(2,3)13(9,17)5-4-10(15)8-14/h4-5,9-10,14-15,17H,6-8H2,1-3H3/t9?,10?,13-/m1/s1. The smallest absolute Gasteiger partial charge is 0.133 e. The molecule has 1 aliphatic carbocycles. The van der Waals surface area contributed by atoms with E-state index in [2.05, 4.69) is 0 Å². The quantitative estimate of drug-likeness (QED) is 0.635. The van der Waals surface area contributed by atoms with Crippen LogP contribution in [-0.4, -0.2) is 39.4 Å². The Balaban J connectivity index is 2.98. The first-order valence-corrected chi connectivity index (χ1v) is 5.95. The third-order valence-electron chi connectivity index (χ3n) is 3.77. The van der Waals surface area contributed by atoms with E-state index < -0.39 is 17.1 Å². The molecule has 4 nitrogen and oxygen atoms in total. The third kappa shape index (κ3) is 2.76. The number of hydrogen-bond donors (Lipinski definition) is 3. The Morgan fingerprint density at radius 1 is 1.53 bits per heavy atom. The van der Waals surface area contributed by atoms with Crippen molar-refractivity contribution in [3.8, 4) is 0 Å². The van der Waals surface area contributed by atoms with Crippen molar-refractivity contribution in [1.82, 2.24) is 0 Å². The summed E-state index contributed by atoms with van der Waals surface area (Å²) >= 11 is 0. The average Bonchev–Trinajstić information content (AvgIpc) is 2.22. The van der Waals surface area contributed by atoms with E-state index in [-0.39, 0.29) is 18.3 Å². The van der Waals surface area contributed by atoms with Crippen molar-refractivity contribution in [2.45, 2.75) is 45.3 Å². The van der Waals surface area contributed by atoms with Gasteiger partial charge in [-0.1, -0.05) is 32.9 Å². The van der Waals surface area contributed by atoms with Crippen molar-refractivity contribution < 1.29 is 20.1 Å². The minimum absolute atomic E-state index is 0.156. The maximum Gasteiger partial charge on any atom is 0.133 e. The number of hydrogen-bond acceptors (Lipinski definition) is 4. The van der Waals surface area contributed by atoms with E-state index in [0.717, 1.165) is 0 Å². The molecule has 4 heteroatoms. The van der Waals surface area contributed by atoms with E-state index in [1.54, 1.807) is 0 Å². The van der Waals surface area contributed by atoms with Gasteiger partial charge < -0.3 is 15.3 Å². The number of Topliss-reactive ketones (excluding diaryl/α,β-unsaturated/α-hetero) is 1. The summed E-state index contributed by atoms with van der Waals surface area (Å²) in [4.78, 5) is 11.5. The summed E-state index contributed by atoms with van der Waals surface area (Å²) in [5.74, 6) is -0.0378. The topological polar surface area (TPSA) is 77.8 Å². The molecule has 17 heavy (non-hydrogen) atoms. The molecule has 0 amide bonds. The molecule has 0 spiro atoms. The van der Waals surface area contributed by atoms with Crippen LogP contribution in [0, 0.1) is 11.3 Å². The highest BCUT2D eigenvalue weighted by atomic mass is 16.3. The third-order valence-corrected chi connectivity index (χ3v) is 3.77. The fraction of sp³-hybridized carbons (Fsp3) is 0.769. The van der Waals surface area contributed by atoms with Crippen molar-refractivity contribution in [2.75, 3.05) is 6.61 Å². The van der Waals surface area contributed by atoms with Gasteiger partial charge in [0.05, 0.1) is 18.3 Å². The minimum atomic E-state index is -1.13. The van der Waals surface area contributed by atoms with Crippen LogP contribution in [-0.2, 0) is 4.79 Å². The lowest BCUT2D eigenvalue weighted by Crippen LogP contribution is -2.53. The molecule has 98 valence electrons. The predicted octanol–water partition coefficient (Wildman–Crippen LogP) is 0.652. The fourth-order valence-corrected chi connectivity index (χ4v) is 2.58. The fourth-order valence-electron chi connectivity index (χ4n) is 2.58. The Hall–Kier alpha value is -0.710. The van der Waals surface area contributed by atoms with E-state index in [9.17, 15) is 15.0 Å². The molecular weight excluding hydrogens is 220 g/mol. The lowest BCUT2D eigenvalue weighted by Gasteiger charge is -2.48. The summed E-state index contributed by atoms with van der Waals surface area (Å²) in [5.41, 5.74) is -1.69. The lowest BCUT2D eigenvalue weighted by molar-refractivity contribution is -0.142. The normalized spacial score (nSPS) is 35.2. The first-order valence-electron chi connectivity index (χ1n) is 5.95. The van der Waals surface area contributed by atoms with Crippen LogP contribution in [0.4, 0.5) is 0 Å². The average molecular weight is 242 g/mol. The number of carbonyl (C=O) groups is 1. The highest BCUT2D eigenvalue weighted by Gasteiger charge is 2.50. The minimum Gasteiger partial charge on any atom is -0.393 e. The van der Waals surface area contributed by atoms with E-state index in [0.29, 0.717) is 12.8 Å². The van der Waals surface area contributed by atoms with E-state index in [1.807, 2.05) is 20.8 Å². The molecule has 0 aromatic heterocycles. The molecule has 0 bridgehead atoms. The van der Waals surface area contributed by atoms with Gasteiger partial charge in [-0.15, -0.1) is 0 Å². The molecule has 0 aromatic rings. The molecule has 3 N–H and O–H groups in total. The van der Waals surface area contributed by atoms with E-state index in [1.165, 1.54) is 12.2 Å². The van der Waals surface area contributed by atoms with Gasteiger partial charge in [-0.3, -0.25) is 4.79 Å². The van der Waals surface area contributed by atoms with Crippen molar-refractivity contribution in [3.63, 3.8) is 0 Å². The second-order valence-electron chi connectivity index (χ2n) is 5.64. The van der Waals surface area contributed by atoms with Crippen molar-refractivity contribution >= 4 is 5.78 Å². The number of ketones is 1. The van der Waals surface area contributed by atoms with Gasteiger partial charge in [-0.25, -0.2) is 0 Å². The van der Waals surface area contributed by atoms with E-state index >= 15 is 0 Å². The number of aliphatic hydroxyl groups excluding tert-OH is 2. The maximum atomic E-state index is 11.5. The lowest BCUT2D eigenvalue weighted by atomic mass is 9.60. The second-order valence-corrected chi connectivity index (χ2v) is 5.64. The van der Waals surface area contributed by atoms with Crippen LogP contribution < -0.4 is 0 Å². The van der Waals surface area contributed by atoms with Crippen LogP contribution >= 0.6 is 0 Å². The molecule has 0 heterocycles. The highest BCUT2D eigenvalue weighted by molar-refractivity contribution is 5.81. The van der Waals surface area contributed by atoms with Gasteiger partial charge >= 0.3 is 0 Å². The summed E-state index contributed by atoms with van der Waals surface area (Å²) in [6, 6.07) is 0. The SMILES string of the molecule is CC1CC(=O)CC(C)(C)[C@@]1(O)C=CC(O)CO. The first-order chi connectivity index (χ1) is 7.73. The number of carbonyl (C=O) groups excluding carboxylic acids is 1. The Kier molecular flexibility index (Phi) is 4.12. The zero-order valence-corrected chi connectivity index (χ0v) is 10.7. The van der Waals surface area contributed by atoms with Crippen LogP contribution in [0.3, 0.4) is 0 Å². The van der Waals surface area contributed by atoms with Crippen LogP contribution in [0.2, 0.25) is 0 Å². The molecule has 0 aromatic carbocycles. The molecule has 1 fully saturated rings. The summed E-state index contributed by atoms with van der Waals surface area (Å²) in [6.45, 7) is 5.14. The Bertz CT molecular complexity index is 321. The maximum absolute atomic E-state index is 11.5. The van der Waals surface area contributed by atoms with Crippen molar-refractivity contribution in [3.05, 3.63) is 12.2 Å². The monoisotopic (exact) mass is 242 g/mol. The molecule has 0 saturated heterocycles. The van der Waals surface area contributed by atoms with Gasteiger partial charge in [-0.05, 0) is 5.92 Å². The molecular formula is C13H22O4. The van der Waals surface area contributed by atoms with E-state index in [4.69, 9.17) is 5.11 Å². The summed E-state index contributed by atoms with van der Waals surface area (Å²) < 4.78 is 0. The van der Waals surface area contributed by atoms with Gasteiger partial charge in [0, 0.05) is 18.3 Å². The molecule has 1 saturated carbocycles. The number of rotatable bonds is 3. The van der Waals surface area contributed by atoms with Crippen LogP contribution in [0.1, 0.15) is 33.6 Å². The molecule has 1 aliphatic rings. The Labute approximate surface area is 102 Å². The van der Waals surface area contributed by atoms with Crippen LogP contribution in [0.25, 0.3) is 0 Å². The molecule has 0 aliphatic heterocycles.